The maximum atomic E-state index is 10.9. The first-order chi connectivity index (χ1) is 8.11. The minimum atomic E-state index is -1.15. The fourth-order valence-electron chi connectivity index (χ4n) is 1.56. The molecule has 0 saturated heterocycles. The summed E-state index contributed by atoms with van der Waals surface area (Å²) >= 11 is 0. The van der Waals surface area contributed by atoms with Crippen LogP contribution >= 0.6 is 0 Å². The number of aromatic carboxylic acids is 1. The second kappa shape index (κ2) is 4.29. The first-order valence-corrected chi connectivity index (χ1v) is 5.22. The molecule has 0 bridgehead atoms. The SMILES string of the molecule is CCc1ncc(-c2ccc(O)c(C(=O)O)c2)[nH]1. The standard InChI is InChI=1S/C12H12N2O3/c1-2-11-13-6-9(14-11)7-3-4-10(15)8(5-7)12(16)17/h3-6,15H,2H2,1H3,(H,13,14)(H,16,17). The van der Waals surface area contributed by atoms with Gasteiger partial charge in [-0.05, 0) is 18.2 Å². The number of carboxylic acids is 1. The summed E-state index contributed by atoms with van der Waals surface area (Å²) in [5.74, 6) is -0.555. The molecule has 0 aliphatic heterocycles. The Balaban J connectivity index is 2.46. The van der Waals surface area contributed by atoms with E-state index in [1.807, 2.05) is 6.92 Å². The molecule has 5 nitrogen and oxygen atoms in total. The van der Waals surface area contributed by atoms with Crippen LogP contribution in [0.3, 0.4) is 0 Å². The van der Waals surface area contributed by atoms with Gasteiger partial charge in [-0.3, -0.25) is 0 Å². The number of H-pyrrole nitrogens is 1. The van der Waals surface area contributed by atoms with Gasteiger partial charge in [-0.25, -0.2) is 9.78 Å². The van der Waals surface area contributed by atoms with Crippen molar-refractivity contribution in [1.29, 1.82) is 0 Å². The fraction of sp³-hybridized carbons (Fsp3) is 0.167. The summed E-state index contributed by atoms with van der Waals surface area (Å²) in [5, 5.41) is 18.3. The van der Waals surface area contributed by atoms with E-state index in [0.29, 0.717) is 5.56 Å². The molecule has 3 N–H and O–H groups in total. The average molecular weight is 232 g/mol. The summed E-state index contributed by atoms with van der Waals surface area (Å²) in [6.07, 6.45) is 2.43. The first-order valence-electron chi connectivity index (χ1n) is 5.22. The van der Waals surface area contributed by atoms with Gasteiger partial charge in [0.25, 0.3) is 0 Å². The van der Waals surface area contributed by atoms with Crippen molar-refractivity contribution >= 4 is 5.97 Å². The molecule has 17 heavy (non-hydrogen) atoms. The lowest BCUT2D eigenvalue weighted by Gasteiger charge is -2.02. The minimum absolute atomic E-state index is 0.116. The number of hydrogen-bond acceptors (Lipinski definition) is 3. The second-order valence-electron chi connectivity index (χ2n) is 3.63. The third-order valence-electron chi connectivity index (χ3n) is 2.50. The van der Waals surface area contributed by atoms with Gasteiger partial charge in [-0.2, -0.15) is 0 Å². The highest BCUT2D eigenvalue weighted by Crippen LogP contribution is 2.24. The van der Waals surface area contributed by atoms with Gasteiger partial charge in [0, 0.05) is 12.0 Å². The molecule has 0 spiro atoms. The Bertz CT molecular complexity index is 561. The zero-order valence-corrected chi connectivity index (χ0v) is 9.27. The molecule has 0 aliphatic carbocycles. The maximum absolute atomic E-state index is 10.9. The second-order valence-corrected chi connectivity index (χ2v) is 3.63. The van der Waals surface area contributed by atoms with Gasteiger partial charge in [-0.1, -0.05) is 6.92 Å². The minimum Gasteiger partial charge on any atom is -0.507 e. The molecule has 1 aromatic carbocycles. The molecule has 0 saturated carbocycles. The van der Waals surface area contributed by atoms with Crippen LogP contribution in [-0.4, -0.2) is 26.2 Å². The number of phenols is 1. The smallest absolute Gasteiger partial charge is 0.339 e. The normalized spacial score (nSPS) is 10.4. The summed E-state index contributed by atoms with van der Waals surface area (Å²) in [7, 11) is 0. The molecular formula is C12H12N2O3. The number of imidazole rings is 1. The molecule has 5 heteroatoms. The van der Waals surface area contributed by atoms with Crippen molar-refractivity contribution in [3.63, 3.8) is 0 Å². The monoisotopic (exact) mass is 232 g/mol. The van der Waals surface area contributed by atoms with Crippen LogP contribution in [0.25, 0.3) is 11.3 Å². The van der Waals surface area contributed by atoms with E-state index in [-0.39, 0.29) is 11.3 Å². The number of aromatic amines is 1. The van der Waals surface area contributed by atoms with Crippen molar-refractivity contribution in [3.8, 4) is 17.0 Å². The third kappa shape index (κ3) is 2.13. The van der Waals surface area contributed by atoms with Crippen LogP contribution in [0, 0.1) is 0 Å². The van der Waals surface area contributed by atoms with E-state index in [4.69, 9.17) is 5.11 Å². The summed E-state index contributed by atoms with van der Waals surface area (Å²) < 4.78 is 0. The number of hydrogen-bond donors (Lipinski definition) is 3. The lowest BCUT2D eigenvalue weighted by molar-refractivity contribution is 0.0694. The Morgan fingerprint density at radius 1 is 1.47 bits per heavy atom. The van der Waals surface area contributed by atoms with Crippen LogP contribution in [0.4, 0.5) is 0 Å². The van der Waals surface area contributed by atoms with Crippen LogP contribution in [0.15, 0.2) is 24.4 Å². The summed E-state index contributed by atoms with van der Waals surface area (Å²) in [4.78, 5) is 18.1. The molecule has 88 valence electrons. The number of nitrogens with zero attached hydrogens (tertiary/aromatic N) is 1. The summed E-state index contributed by atoms with van der Waals surface area (Å²) in [6.45, 7) is 1.97. The van der Waals surface area contributed by atoms with Crippen LogP contribution in [0.1, 0.15) is 23.1 Å². The highest BCUT2D eigenvalue weighted by atomic mass is 16.4. The fourth-order valence-corrected chi connectivity index (χ4v) is 1.56. The van der Waals surface area contributed by atoms with Crippen LogP contribution in [0.2, 0.25) is 0 Å². The van der Waals surface area contributed by atoms with Gasteiger partial charge in [0.1, 0.15) is 17.1 Å². The lowest BCUT2D eigenvalue weighted by atomic mass is 10.1. The van der Waals surface area contributed by atoms with Crippen molar-refractivity contribution in [1.82, 2.24) is 9.97 Å². The molecule has 2 aromatic rings. The van der Waals surface area contributed by atoms with E-state index >= 15 is 0 Å². The van der Waals surface area contributed by atoms with Crippen molar-refractivity contribution < 1.29 is 15.0 Å². The maximum Gasteiger partial charge on any atom is 0.339 e. The third-order valence-corrected chi connectivity index (χ3v) is 2.50. The number of aromatic nitrogens is 2. The zero-order valence-electron chi connectivity index (χ0n) is 9.27. The van der Waals surface area contributed by atoms with Crippen molar-refractivity contribution in [3.05, 3.63) is 35.8 Å². The molecular weight excluding hydrogens is 220 g/mol. The Morgan fingerprint density at radius 2 is 2.24 bits per heavy atom. The molecule has 0 atom stereocenters. The predicted octanol–water partition coefficient (Wildman–Crippen LogP) is 2.04. The topological polar surface area (TPSA) is 86.2 Å². The number of aromatic hydroxyl groups is 1. The van der Waals surface area contributed by atoms with Gasteiger partial charge >= 0.3 is 5.97 Å². The average Bonchev–Trinajstić information content (AvgIpc) is 2.78. The highest BCUT2D eigenvalue weighted by molar-refractivity contribution is 5.92. The van der Waals surface area contributed by atoms with Gasteiger partial charge in [0.15, 0.2) is 0 Å². The van der Waals surface area contributed by atoms with Gasteiger partial charge < -0.3 is 15.2 Å². The van der Waals surface area contributed by atoms with E-state index in [2.05, 4.69) is 9.97 Å². The van der Waals surface area contributed by atoms with Crippen molar-refractivity contribution in [2.75, 3.05) is 0 Å². The predicted molar refractivity (Wildman–Crippen MR) is 62.0 cm³/mol. The Kier molecular flexibility index (Phi) is 2.82. The lowest BCUT2D eigenvalue weighted by Crippen LogP contribution is -1.97. The van der Waals surface area contributed by atoms with Crippen molar-refractivity contribution in [2.45, 2.75) is 13.3 Å². The number of benzene rings is 1. The molecule has 0 unspecified atom stereocenters. The van der Waals surface area contributed by atoms with Crippen molar-refractivity contribution in [2.24, 2.45) is 0 Å². The molecule has 0 aliphatic rings. The Hall–Kier alpha value is -2.30. The van der Waals surface area contributed by atoms with E-state index < -0.39 is 5.97 Å². The van der Waals surface area contributed by atoms with Crippen LogP contribution in [-0.2, 0) is 6.42 Å². The summed E-state index contributed by atoms with van der Waals surface area (Å²) in [6, 6.07) is 4.44. The molecule has 0 amide bonds. The molecule has 0 radical (unpaired) electrons. The molecule has 1 heterocycles. The zero-order chi connectivity index (χ0) is 12.4. The largest absolute Gasteiger partial charge is 0.507 e. The number of carbonyl (C=O) groups is 1. The first kappa shape index (κ1) is 11.2. The summed E-state index contributed by atoms with van der Waals surface area (Å²) in [5.41, 5.74) is 1.31. The van der Waals surface area contributed by atoms with E-state index in [1.165, 1.54) is 12.1 Å². The van der Waals surface area contributed by atoms with E-state index in [0.717, 1.165) is 17.9 Å². The molecule has 2 rings (SSSR count). The number of nitrogens with one attached hydrogen (secondary N) is 1. The van der Waals surface area contributed by atoms with Gasteiger partial charge in [-0.15, -0.1) is 0 Å². The number of carboxylic acid groups (broad SMARTS) is 1. The Labute approximate surface area is 97.8 Å². The molecule has 0 fully saturated rings. The Morgan fingerprint density at radius 3 is 2.82 bits per heavy atom. The number of rotatable bonds is 3. The van der Waals surface area contributed by atoms with Crippen LogP contribution < -0.4 is 0 Å². The van der Waals surface area contributed by atoms with Crippen LogP contribution in [0.5, 0.6) is 5.75 Å². The van der Waals surface area contributed by atoms with E-state index in [1.54, 1.807) is 12.3 Å². The highest BCUT2D eigenvalue weighted by Gasteiger charge is 2.11. The quantitative estimate of drug-likeness (QED) is 0.755. The number of aryl methyl sites for hydroxylation is 1. The van der Waals surface area contributed by atoms with E-state index in [9.17, 15) is 9.90 Å². The van der Waals surface area contributed by atoms with Gasteiger partial charge in [0.2, 0.25) is 0 Å². The van der Waals surface area contributed by atoms with Gasteiger partial charge in [0.05, 0.1) is 11.9 Å². The molecule has 1 aromatic heterocycles.